The number of hydrogen-bond acceptors (Lipinski definition) is 2. The van der Waals surface area contributed by atoms with Gasteiger partial charge < -0.3 is 4.74 Å². The predicted octanol–water partition coefficient (Wildman–Crippen LogP) is 5.15. The molecule has 0 N–H and O–H groups in total. The SMILES string of the molecule is F[C@H](OC(F)(F)F)C(F)(F)Oc1ccc(CBr)cc1Br. The van der Waals surface area contributed by atoms with E-state index in [-0.39, 0.29) is 4.47 Å². The number of halogens is 8. The Kier molecular flexibility index (Phi) is 5.73. The van der Waals surface area contributed by atoms with Crippen molar-refractivity contribution in [3.63, 3.8) is 0 Å². The van der Waals surface area contributed by atoms with Crippen LogP contribution in [0, 0.1) is 0 Å². The van der Waals surface area contributed by atoms with E-state index in [1.54, 1.807) is 0 Å². The molecule has 114 valence electrons. The van der Waals surface area contributed by atoms with Crippen LogP contribution in [-0.4, -0.2) is 18.8 Å². The average molecular weight is 432 g/mol. The number of benzene rings is 1. The highest BCUT2D eigenvalue weighted by molar-refractivity contribution is 9.10. The van der Waals surface area contributed by atoms with Gasteiger partial charge in [0.25, 0.3) is 0 Å². The average Bonchev–Trinajstić information content (AvgIpc) is 2.29. The molecule has 0 aliphatic heterocycles. The quantitative estimate of drug-likeness (QED) is 0.474. The van der Waals surface area contributed by atoms with Crippen molar-refractivity contribution in [1.29, 1.82) is 0 Å². The maximum absolute atomic E-state index is 13.1. The number of ether oxygens (including phenoxy) is 2. The molecule has 2 nitrogen and oxygen atoms in total. The first-order valence-corrected chi connectivity index (χ1v) is 6.76. The Morgan fingerprint density at radius 1 is 1.15 bits per heavy atom. The molecular weight excluding hydrogens is 426 g/mol. The minimum absolute atomic E-state index is 0.0355. The summed E-state index contributed by atoms with van der Waals surface area (Å²) in [5.74, 6) is -0.520. The monoisotopic (exact) mass is 430 g/mol. The zero-order chi connectivity index (χ0) is 15.6. The fraction of sp³-hybridized carbons (Fsp3) is 0.400. The minimum atomic E-state index is -5.54. The minimum Gasteiger partial charge on any atom is -0.427 e. The third-order valence-electron chi connectivity index (χ3n) is 1.90. The molecule has 0 aromatic heterocycles. The van der Waals surface area contributed by atoms with E-state index >= 15 is 0 Å². The summed E-state index contributed by atoms with van der Waals surface area (Å²) in [5, 5.41) is 0.422. The van der Waals surface area contributed by atoms with Crippen LogP contribution in [0.5, 0.6) is 5.75 Å². The van der Waals surface area contributed by atoms with Gasteiger partial charge in [-0.2, -0.15) is 8.78 Å². The van der Waals surface area contributed by atoms with Crippen molar-refractivity contribution in [2.75, 3.05) is 0 Å². The Bertz CT molecular complexity index is 466. The van der Waals surface area contributed by atoms with Gasteiger partial charge in [-0.05, 0) is 33.6 Å². The van der Waals surface area contributed by atoms with Crippen LogP contribution in [0.4, 0.5) is 26.3 Å². The molecule has 0 saturated heterocycles. The molecule has 1 aromatic rings. The van der Waals surface area contributed by atoms with Crippen molar-refractivity contribution in [2.45, 2.75) is 24.2 Å². The Balaban J connectivity index is 2.85. The Hall–Kier alpha value is -0.480. The lowest BCUT2D eigenvalue weighted by molar-refractivity contribution is -0.411. The summed E-state index contributed by atoms with van der Waals surface area (Å²) in [6.07, 6.45) is -14.3. The molecule has 0 amide bonds. The lowest BCUT2D eigenvalue weighted by atomic mass is 10.2. The predicted molar refractivity (Wildman–Crippen MR) is 64.4 cm³/mol. The second-order valence-electron chi connectivity index (χ2n) is 3.44. The van der Waals surface area contributed by atoms with E-state index in [9.17, 15) is 26.3 Å². The summed E-state index contributed by atoms with van der Waals surface area (Å²) < 4.78 is 80.7. The molecule has 0 radical (unpaired) electrons. The maximum Gasteiger partial charge on any atom is 0.525 e. The highest BCUT2D eigenvalue weighted by atomic mass is 79.9. The van der Waals surface area contributed by atoms with E-state index in [0.29, 0.717) is 10.9 Å². The van der Waals surface area contributed by atoms with E-state index in [4.69, 9.17) is 0 Å². The Labute approximate surface area is 126 Å². The number of hydrogen-bond donors (Lipinski definition) is 0. The van der Waals surface area contributed by atoms with E-state index in [2.05, 4.69) is 41.3 Å². The third kappa shape index (κ3) is 5.13. The summed E-state index contributed by atoms with van der Waals surface area (Å²) in [4.78, 5) is 0. The third-order valence-corrected chi connectivity index (χ3v) is 3.17. The number of alkyl halides is 7. The highest BCUT2D eigenvalue weighted by Crippen LogP contribution is 2.35. The van der Waals surface area contributed by atoms with Crippen molar-refractivity contribution >= 4 is 31.9 Å². The molecule has 1 atom stereocenters. The molecule has 0 unspecified atom stereocenters. The van der Waals surface area contributed by atoms with E-state index in [1.807, 2.05) is 0 Å². The molecule has 1 aromatic carbocycles. The van der Waals surface area contributed by atoms with Gasteiger partial charge in [-0.3, -0.25) is 0 Å². The fourth-order valence-corrected chi connectivity index (χ4v) is 1.95. The van der Waals surface area contributed by atoms with Crippen LogP contribution in [0.2, 0.25) is 0 Å². The van der Waals surface area contributed by atoms with Crippen molar-refractivity contribution < 1.29 is 35.8 Å². The highest BCUT2D eigenvalue weighted by Gasteiger charge is 2.50. The summed E-state index contributed by atoms with van der Waals surface area (Å²) in [5.41, 5.74) is 0.691. The molecule has 10 heteroatoms. The van der Waals surface area contributed by atoms with Crippen LogP contribution in [-0.2, 0) is 10.1 Å². The fourth-order valence-electron chi connectivity index (χ4n) is 1.09. The second-order valence-corrected chi connectivity index (χ2v) is 4.86. The first-order chi connectivity index (χ1) is 9.05. The van der Waals surface area contributed by atoms with Crippen molar-refractivity contribution in [2.24, 2.45) is 0 Å². The molecule has 0 aliphatic rings. The molecule has 0 spiro atoms. The lowest BCUT2D eigenvalue weighted by Crippen LogP contribution is -2.41. The topological polar surface area (TPSA) is 18.5 Å². The first-order valence-electron chi connectivity index (χ1n) is 4.85. The first kappa shape index (κ1) is 17.6. The van der Waals surface area contributed by atoms with Crippen LogP contribution < -0.4 is 4.74 Å². The molecule has 0 saturated carbocycles. The largest absolute Gasteiger partial charge is 0.525 e. The van der Waals surface area contributed by atoms with Gasteiger partial charge in [0.05, 0.1) is 4.47 Å². The van der Waals surface area contributed by atoms with Gasteiger partial charge in [-0.15, -0.1) is 13.2 Å². The Morgan fingerprint density at radius 3 is 2.20 bits per heavy atom. The van der Waals surface area contributed by atoms with E-state index in [1.165, 1.54) is 12.1 Å². The van der Waals surface area contributed by atoms with Gasteiger partial charge in [0.2, 0.25) is 0 Å². The van der Waals surface area contributed by atoms with Crippen molar-refractivity contribution in [3.8, 4) is 5.75 Å². The van der Waals surface area contributed by atoms with Gasteiger partial charge in [-0.1, -0.05) is 22.0 Å². The molecular formula is C10H6Br2F6O2. The summed E-state index contributed by atoms with van der Waals surface area (Å²) in [6.45, 7) is 0. The summed E-state index contributed by atoms with van der Waals surface area (Å²) in [6, 6.07) is 3.83. The molecule has 1 rings (SSSR count). The second kappa shape index (κ2) is 6.52. The lowest BCUT2D eigenvalue weighted by Gasteiger charge is -2.22. The Morgan fingerprint density at radius 2 is 1.75 bits per heavy atom. The standard InChI is InChI=1S/C10H6Br2F6O2/c11-4-5-1-2-7(6(12)3-5)19-9(14,15)8(13)20-10(16,17)18/h1-3,8H,4H2/t8-/m1/s1. The molecule has 0 bridgehead atoms. The van der Waals surface area contributed by atoms with Gasteiger partial charge in [0, 0.05) is 5.33 Å². The van der Waals surface area contributed by atoms with Crippen LogP contribution in [0.1, 0.15) is 5.56 Å². The van der Waals surface area contributed by atoms with E-state index in [0.717, 1.165) is 6.07 Å². The molecule has 0 heterocycles. The van der Waals surface area contributed by atoms with Gasteiger partial charge in [0.15, 0.2) is 0 Å². The van der Waals surface area contributed by atoms with Gasteiger partial charge in [0.1, 0.15) is 5.75 Å². The molecule has 20 heavy (non-hydrogen) atoms. The van der Waals surface area contributed by atoms with Crippen molar-refractivity contribution in [3.05, 3.63) is 28.2 Å². The van der Waals surface area contributed by atoms with Crippen LogP contribution in [0.15, 0.2) is 22.7 Å². The van der Waals surface area contributed by atoms with Gasteiger partial charge in [-0.25, -0.2) is 9.13 Å². The molecule has 0 fully saturated rings. The zero-order valence-corrected chi connectivity index (χ0v) is 12.5. The van der Waals surface area contributed by atoms with E-state index < -0.39 is 24.6 Å². The smallest absolute Gasteiger partial charge is 0.427 e. The van der Waals surface area contributed by atoms with Crippen LogP contribution in [0.3, 0.4) is 0 Å². The molecule has 0 aliphatic carbocycles. The van der Waals surface area contributed by atoms with Gasteiger partial charge >= 0.3 is 18.8 Å². The van der Waals surface area contributed by atoms with Crippen molar-refractivity contribution in [1.82, 2.24) is 0 Å². The van der Waals surface area contributed by atoms with Crippen LogP contribution >= 0.6 is 31.9 Å². The van der Waals surface area contributed by atoms with Crippen LogP contribution in [0.25, 0.3) is 0 Å². The summed E-state index contributed by atoms with van der Waals surface area (Å²) in [7, 11) is 0. The normalized spacial score (nSPS) is 14.2. The maximum atomic E-state index is 13.1. The number of rotatable bonds is 5. The zero-order valence-electron chi connectivity index (χ0n) is 9.36. The summed E-state index contributed by atoms with van der Waals surface area (Å²) >= 11 is 6.01.